The topological polar surface area (TPSA) is 6.48 Å². The number of allylic oxidation sites excluding steroid dienone is 6. The average Bonchev–Trinajstić information content (AvgIpc) is 3.58. The van der Waals surface area contributed by atoms with Crippen molar-refractivity contribution in [2.75, 3.05) is 9.80 Å². The Labute approximate surface area is 484 Å². The molecule has 2 nitrogen and oxygen atoms in total. The van der Waals surface area contributed by atoms with Crippen LogP contribution in [0.5, 0.6) is 0 Å². The van der Waals surface area contributed by atoms with Gasteiger partial charge in [-0.3, -0.25) is 0 Å². The summed E-state index contributed by atoms with van der Waals surface area (Å²) < 4.78 is 0. The van der Waals surface area contributed by atoms with Crippen LogP contribution in [0.25, 0.3) is 36.5 Å². The van der Waals surface area contributed by atoms with Gasteiger partial charge >= 0.3 is 0 Å². The maximum Gasteiger partial charge on any atom is 0.0464 e. The Morgan fingerprint density at radius 3 is 1.25 bits per heavy atom. The second kappa shape index (κ2) is 28.8. The van der Waals surface area contributed by atoms with Gasteiger partial charge in [0.15, 0.2) is 0 Å². The van der Waals surface area contributed by atoms with E-state index in [1.54, 1.807) is 0 Å². The maximum atomic E-state index is 2.42. The number of hydrogen-bond donors (Lipinski definition) is 0. The fourth-order valence-electron chi connectivity index (χ4n) is 10.3. The van der Waals surface area contributed by atoms with Crippen LogP contribution < -0.4 is 9.80 Å². The molecule has 2 unspecified atom stereocenters. The molecule has 0 aromatic heterocycles. The molecule has 0 spiro atoms. The summed E-state index contributed by atoms with van der Waals surface area (Å²) in [5, 5.41) is 0. The van der Waals surface area contributed by atoms with Gasteiger partial charge in [0.2, 0.25) is 0 Å². The number of aryl methyl sites for hydroxylation is 2. The molecule has 0 aliphatic rings. The van der Waals surface area contributed by atoms with E-state index in [1.165, 1.54) is 57.3 Å². The first-order valence-electron chi connectivity index (χ1n) is 29.1. The monoisotopic (exact) mass is 1050 g/mol. The molecule has 0 aliphatic carbocycles. The smallest absolute Gasteiger partial charge is 0.0464 e. The van der Waals surface area contributed by atoms with Crippen LogP contribution in [0.15, 0.2) is 267 Å². The summed E-state index contributed by atoms with van der Waals surface area (Å²) in [6.45, 7) is 11.2. The molecular formula is C79H78N2. The fourth-order valence-corrected chi connectivity index (χ4v) is 10.3. The summed E-state index contributed by atoms with van der Waals surface area (Å²) in [6, 6.07) is 83.7. The summed E-state index contributed by atoms with van der Waals surface area (Å²) in [7, 11) is 0. The average molecular weight is 1060 g/mol. The Kier molecular flexibility index (Phi) is 20.1. The van der Waals surface area contributed by atoms with Crippen LogP contribution in [0.3, 0.4) is 0 Å². The quantitative estimate of drug-likeness (QED) is 0.0440. The van der Waals surface area contributed by atoms with E-state index in [1.807, 2.05) is 6.07 Å². The van der Waals surface area contributed by atoms with Crippen LogP contribution in [-0.4, -0.2) is 0 Å². The van der Waals surface area contributed by atoms with E-state index in [9.17, 15) is 0 Å². The van der Waals surface area contributed by atoms with E-state index in [-0.39, 0.29) is 5.41 Å². The highest BCUT2D eigenvalue weighted by atomic mass is 15.1. The van der Waals surface area contributed by atoms with Crippen molar-refractivity contribution in [2.24, 2.45) is 0 Å². The van der Waals surface area contributed by atoms with Crippen LogP contribution in [0.1, 0.15) is 121 Å². The van der Waals surface area contributed by atoms with E-state index < -0.39 is 0 Å². The summed E-state index contributed by atoms with van der Waals surface area (Å²) in [5.74, 6) is 0.318. The molecule has 9 aromatic carbocycles. The molecule has 2 heteroatoms. The normalized spacial score (nSPS) is 13.0. The van der Waals surface area contributed by atoms with Crippen LogP contribution in [-0.2, 0) is 5.41 Å². The van der Waals surface area contributed by atoms with E-state index in [0.717, 1.165) is 70.9 Å². The van der Waals surface area contributed by atoms with Crippen molar-refractivity contribution in [1.29, 1.82) is 0 Å². The Bertz CT molecular complexity index is 3530. The van der Waals surface area contributed by atoms with Crippen molar-refractivity contribution in [2.45, 2.75) is 84.5 Å². The summed E-state index contributed by atoms with van der Waals surface area (Å²) >= 11 is 0. The first-order chi connectivity index (χ1) is 39.7. The molecule has 0 aliphatic heterocycles. The molecule has 0 fully saturated rings. The molecule has 81 heavy (non-hydrogen) atoms. The zero-order chi connectivity index (χ0) is 56.1. The molecule has 0 N–H and O–H groups in total. The van der Waals surface area contributed by atoms with E-state index in [0.29, 0.717) is 5.92 Å². The Balaban J connectivity index is 0.885. The molecular weight excluding hydrogens is 977 g/mol. The third-order valence-electron chi connectivity index (χ3n) is 15.2. The minimum absolute atomic E-state index is 0.135. The second-order valence-electron chi connectivity index (χ2n) is 21.6. The number of unbranched alkanes of at least 4 members (excludes halogenated alkanes) is 2. The first-order valence-corrected chi connectivity index (χ1v) is 29.1. The van der Waals surface area contributed by atoms with E-state index in [2.05, 4.69) is 342 Å². The van der Waals surface area contributed by atoms with Crippen LogP contribution in [0, 0.1) is 13.8 Å². The molecule has 0 radical (unpaired) electrons. The summed E-state index contributed by atoms with van der Waals surface area (Å²) in [4.78, 5) is 4.74. The highest BCUT2D eigenvalue weighted by Gasteiger charge is 2.24. The predicted molar refractivity (Wildman–Crippen MR) is 354 cm³/mol. The maximum absolute atomic E-state index is 2.42. The van der Waals surface area contributed by atoms with Gasteiger partial charge in [-0.2, -0.15) is 0 Å². The number of anilines is 6. The van der Waals surface area contributed by atoms with Crippen molar-refractivity contribution in [3.8, 4) is 0 Å². The number of nitrogens with zero attached hydrogens (tertiary/aromatic N) is 2. The van der Waals surface area contributed by atoms with Crippen LogP contribution >= 0.6 is 0 Å². The highest BCUT2D eigenvalue weighted by molar-refractivity contribution is 5.80. The third kappa shape index (κ3) is 16.1. The second-order valence-corrected chi connectivity index (χ2v) is 21.6. The molecule has 0 saturated heterocycles. The van der Waals surface area contributed by atoms with Gasteiger partial charge in [-0.1, -0.05) is 288 Å². The molecule has 0 amide bonds. The Morgan fingerprint density at radius 2 is 0.765 bits per heavy atom. The van der Waals surface area contributed by atoms with Gasteiger partial charge in [0, 0.05) is 45.5 Å². The Morgan fingerprint density at radius 1 is 0.370 bits per heavy atom. The van der Waals surface area contributed by atoms with Gasteiger partial charge in [-0.15, -0.1) is 0 Å². The van der Waals surface area contributed by atoms with Gasteiger partial charge in [0.05, 0.1) is 0 Å². The summed E-state index contributed by atoms with van der Waals surface area (Å²) in [5.41, 5.74) is 18.9. The Hall–Kier alpha value is -8.98. The number of hydrogen-bond acceptors (Lipinski definition) is 2. The zero-order valence-corrected chi connectivity index (χ0v) is 48.1. The van der Waals surface area contributed by atoms with Crippen molar-refractivity contribution in [1.82, 2.24) is 0 Å². The molecule has 0 heterocycles. The lowest BCUT2D eigenvalue weighted by Crippen LogP contribution is -2.19. The van der Waals surface area contributed by atoms with Gasteiger partial charge in [-0.25, -0.2) is 0 Å². The molecule has 2 atom stereocenters. The SMILES string of the molecule is CCCCC(C=CC=Cc1ccccc1)c1cccc(N(c2ccc(C)cc2)c2ccc(C=Cc3ccc(C=CC(C)(CCCC)c4ccc(N(c5ccc(C)cc5)c5ccc(C=CC=Cc6ccccc6)cc5)cc4)cc3)cc2)c1. The van der Waals surface area contributed by atoms with Crippen molar-refractivity contribution >= 4 is 70.6 Å². The molecule has 9 aromatic rings. The van der Waals surface area contributed by atoms with Crippen molar-refractivity contribution in [3.05, 3.63) is 323 Å². The number of benzene rings is 9. The fraction of sp³-hybridized carbons (Fsp3) is 0.165. The predicted octanol–water partition coefficient (Wildman–Crippen LogP) is 22.8. The molecule has 0 bridgehead atoms. The van der Waals surface area contributed by atoms with E-state index in [4.69, 9.17) is 0 Å². The van der Waals surface area contributed by atoms with E-state index >= 15 is 0 Å². The molecule has 9 rings (SSSR count). The highest BCUT2D eigenvalue weighted by Crippen LogP contribution is 2.40. The van der Waals surface area contributed by atoms with Gasteiger partial charge in [0.1, 0.15) is 0 Å². The standard InChI is InChI=1S/C79H78N2/c1-6-8-28-70(29-19-18-26-65-23-14-11-15-24-65)71-30-20-31-78(61-71)81(74-50-34-63(4)35-51-74)76-54-44-68(45-55-76)37-36-67-38-40-69(41-39-67)58-60-79(5,59-9-7-2)72-46-56-77(57-47-72)80(73-48-32-62(3)33-49-73)75-52-42-66(43-53-75)27-17-16-25-64-21-12-10-13-22-64/h10-27,29-58,60-61,70H,6-9,28,59H2,1-5H3. The van der Waals surface area contributed by atoms with Gasteiger partial charge in [-0.05, 0) is 144 Å². The largest absolute Gasteiger partial charge is 0.311 e. The molecule has 0 saturated carbocycles. The lowest BCUT2D eigenvalue weighted by Gasteiger charge is -2.29. The molecule has 404 valence electrons. The van der Waals surface area contributed by atoms with Gasteiger partial charge < -0.3 is 9.80 Å². The van der Waals surface area contributed by atoms with Crippen LogP contribution in [0.2, 0.25) is 0 Å². The summed E-state index contributed by atoms with van der Waals surface area (Å²) in [6.07, 6.45) is 33.4. The minimum atomic E-state index is -0.135. The van der Waals surface area contributed by atoms with Gasteiger partial charge in [0.25, 0.3) is 0 Å². The lowest BCUT2D eigenvalue weighted by atomic mass is 9.77. The van der Waals surface area contributed by atoms with Crippen molar-refractivity contribution in [3.63, 3.8) is 0 Å². The first kappa shape index (κ1) is 56.7. The zero-order valence-electron chi connectivity index (χ0n) is 48.1. The third-order valence-corrected chi connectivity index (χ3v) is 15.2. The lowest BCUT2D eigenvalue weighted by molar-refractivity contribution is 0.512. The van der Waals surface area contributed by atoms with Crippen molar-refractivity contribution < 1.29 is 0 Å². The van der Waals surface area contributed by atoms with Crippen LogP contribution in [0.4, 0.5) is 34.1 Å². The minimum Gasteiger partial charge on any atom is -0.311 e. The number of rotatable bonds is 24.